The maximum atomic E-state index is 11.4. The zero-order chi connectivity index (χ0) is 16.4. The average molecular weight is 317 g/mol. The van der Waals surface area contributed by atoms with Crippen LogP contribution in [-0.2, 0) is 6.42 Å². The lowest BCUT2D eigenvalue weighted by molar-refractivity contribution is -0.383. The van der Waals surface area contributed by atoms with Crippen molar-refractivity contribution in [2.45, 2.75) is 25.4 Å². The van der Waals surface area contributed by atoms with E-state index in [1.807, 2.05) is 24.3 Å². The Morgan fingerprint density at radius 2 is 1.71 bits per heavy atom. The molecular weight excluding hydrogens is 302 g/mol. The van der Waals surface area contributed by atoms with E-state index in [4.69, 9.17) is 0 Å². The van der Waals surface area contributed by atoms with Gasteiger partial charge in [-0.05, 0) is 70.1 Å². The van der Waals surface area contributed by atoms with Crippen LogP contribution in [0.3, 0.4) is 0 Å². The second-order valence-electron chi connectivity index (χ2n) is 6.62. The molecule has 0 aliphatic heterocycles. The molecule has 0 radical (unpaired) electrons. The van der Waals surface area contributed by atoms with Gasteiger partial charge in [0.15, 0.2) is 0 Å². The van der Waals surface area contributed by atoms with Gasteiger partial charge in [-0.3, -0.25) is 10.1 Å². The molecule has 4 aromatic carbocycles. The Hall–Kier alpha value is -2.72. The lowest BCUT2D eigenvalue weighted by Crippen LogP contribution is -2.10. The molecule has 1 unspecified atom stereocenters. The summed E-state index contributed by atoms with van der Waals surface area (Å²) < 4.78 is 0. The molecule has 0 heterocycles. The first-order valence-corrected chi connectivity index (χ1v) is 8.21. The van der Waals surface area contributed by atoms with Gasteiger partial charge in [0.25, 0.3) is 5.69 Å². The Balaban J connectivity index is 2.03. The third-order valence-corrected chi connectivity index (χ3v) is 5.37. The highest BCUT2D eigenvalue weighted by atomic mass is 16.6. The summed E-state index contributed by atoms with van der Waals surface area (Å²) >= 11 is 0. The summed E-state index contributed by atoms with van der Waals surface area (Å²) in [6.45, 7) is 0. The highest BCUT2D eigenvalue weighted by Crippen LogP contribution is 2.43. The van der Waals surface area contributed by atoms with E-state index in [-0.39, 0.29) is 10.6 Å². The number of aryl methyl sites for hydroxylation is 1. The second-order valence-corrected chi connectivity index (χ2v) is 6.62. The minimum atomic E-state index is -0.412. The third kappa shape index (κ3) is 1.66. The van der Waals surface area contributed by atoms with E-state index in [9.17, 15) is 15.2 Å². The number of aliphatic hydroxyl groups excluding tert-OH is 1. The Morgan fingerprint density at radius 3 is 2.54 bits per heavy atom. The average Bonchev–Trinajstić information content (AvgIpc) is 2.59. The predicted octanol–water partition coefficient (Wildman–Crippen LogP) is 4.86. The minimum absolute atomic E-state index is 0.148. The molecule has 0 fully saturated rings. The number of nitro benzene ring substituents is 1. The lowest BCUT2D eigenvalue weighted by atomic mass is 9.82. The van der Waals surface area contributed by atoms with Gasteiger partial charge in [0, 0.05) is 11.5 Å². The molecule has 0 aromatic heterocycles. The first kappa shape index (κ1) is 13.7. The van der Waals surface area contributed by atoms with Crippen LogP contribution in [-0.4, -0.2) is 10.0 Å². The topological polar surface area (TPSA) is 63.4 Å². The SMILES string of the molecule is O=[N+]([O-])c1ccc2ccc3c4c(cc5ccc1c2c53)C(O)CCC4. The van der Waals surface area contributed by atoms with Crippen molar-refractivity contribution >= 4 is 38.0 Å². The number of rotatable bonds is 1. The molecule has 1 aliphatic carbocycles. The van der Waals surface area contributed by atoms with E-state index in [0.717, 1.165) is 51.8 Å². The summed E-state index contributed by atoms with van der Waals surface area (Å²) in [6, 6.07) is 13.4. The molecule has 4 nitrogen and oxygen atoms in total. The first-order valence-electron chi connectivity index (χ1n) is 8.21. The summed E-state index contributed by atoms with van der Waals surface area (Å²) in [6.07, 6.45) is 2.30. The Kier molecular flexibility index (Phi) is 2.65. The van der Waals surface area contributed by atoms with Crippen molar-refractivity contribution < 1.29 is 10.0 Å². The van der Waals surface area contributed by atoms with Gasteiger partial charge in [-0.1, -0.05) is 18.2 Å². The largest absolute Gasteiger partial charge is 0.388 e. The molecule has 118 valence electrons. The maximum absolute atomic E-state index is 11.4. The van der Waals surface area contributed by atoms with E-state index in [1.54, 1.807) is 6.07 Å². The normalized spacial score (nSPS) is 17.6. The second kappa shape index (κ2) is 4.65. The molecule has 0 bridgehead atoms. The number of benzene rings is 4. The quantitative estimate of drug-likeness (QED) is 0.310. The molecule has 0 saturated carbocycles. The smallest absolute Gasteiger partial charge is 0.277 e. The Bertz CT molecular complexity index is 1130. The van der Waals surface area contributed by atoms with E-state index >= 15 is 0 Å². The van der Waals surface area contributed by atoms with Crippen LogP contribution in [0.2, 0.25) is 0 Å². The van der Waals surface area contributed by atoms with Crippen LogP contribution >= 0.6 is 0 Å². The fourth-order valence-electron chi connectivity index (χ4n) is 4.30. The van der Waals surface area contributed by atoms with Gasteiger partial charge in [-0.2, -0.15) is 0 Å². The molecule has 24 heavy (non-hydrogen) atoms. The van der Waals surface area contributed by atoms with Crippen molar-refractivity contribution in [2.24, 2.45) is 0 Å². The molecule has 1 N–H and O–H groups in total. The van der Waals surface area contributed by atoms with Crippen LogP contribution in [0.25, 0.3) is 32.3 Å². The third-order valence-electron chi connectivity index (χ3n) is 5.37. The zero-order valence-corrected chi connectivity index (χ0v) is 13.0. The highest BCUT2D eigenvalue weighted by molar-refractivity contribution is 6.25. The van der Waals surface area contributed by atoms with Gasteiger partial charge in [0.05, 0.1) is 16.4 Å². The fourth-order valence-corrected chi connectivity index (χ4v) is 4.30. The van der Waals surface area contributed by atoms with Gasteiger partial charge >= 0.3 is 0 Å². The van der Waals surface area contributed by atoms with Crippen molar-refractivity contribution in [3.8, 4) is 0 Å². The number of nitrogens with zero attached hydrogens (tertiary/aromatic N) is 1. The van der Waals surface area contributed by atoms with E-state index in [0.29, 0.717) is 5.39 Å². The standard InChI is InChI=1S/C20H15NO3/c22-18-3-1-2-13-14-7-4-11-6-9-17(21(23)24)15-8-5-12(10-16(13)18)20(14)19(11)15/h4-10,18,22H,1-3H2. The Labute approximate surface area is 137 Å². The van der Waals surface area contributed by atoms with Crippen LogP contribution < -0.4 is 0 Å². The van der Waals surface area contributed by atoms with E-state index in [2.05, 4.69) is 12.1 Å². The number of non-ortho nitro benzene ring substituents is 1. The molecule has 4 heteroatoms. The van der Waals surface area contributed by atoms with Gasteiger partial charge in [-0.25, -0.2) is 0 Å². The van der Waals surface area contributed by atoms with Crippen LogP contribution in [0, 0.1) is 10.1 Å². The molecule has 4 aromatic rings. The lowest BCUT2D eigenvalue weighted by Gasteiger charge is -2.24. The van der Waals surface area contributed by atoms with Gasteiger partial charge in [0.1, 0.15) is 0 Å². The summed E-state index contributed by atoms with van der Waals surface area (Å²) in [4.78, 5) is 11.1. The van der Waals surface area contributed by atoms with Gasteiger partial charge in [-0.15, -0.1) is 0 Å². The molecular formula is C20H15NO3. The van der Waals surface area contributed by atoms with Crippen molar-refractivity contribution in [1.29, 1.82) is 0 Å². The fraction of sp³-hybridized carbons (Fsp3) is 0.200. The van der Waals surface area contributed by atoms with Crippen LogP contribution in [0.5, 0.6) is 0 Å². The van der Waals surface area contributed by atoms with Gasteiger partial charge in [0.2, 0.25) is 0 Å². The van der Waals surface area contributed by atoms with Crippen LogP contribution in [0.1, 0.15) is 30.1 Å². The van der Waals surface area contributed by atoms with Crippen molar-refractivity contribution in [1.82, 2.24) is 0 Å². The molecule has 5 rings (SSSR count). The highest BCUT2D eigenvalue weighted by Gasteiger charge is 2.23. The van der Waals surface area contributed by atoms with Crippen LogP contribution in [0.15, 0.2) is 42.5 Å². The van der Waals surface area contributed by atoms with E-state index in [1.165, 1.54) is 5.56 Å². The first-order chi connectivity index (χ1) is 11.6. The monoisotopic (exact) mass is 317 g/mol. The zero-order valence-electron chi connectivity index (χ0n) is 13.0. The summed E-state index contributed by atoms with van der Waals surface area (Å²) in [5, 5.41) is 27.7. The van der Waals surface area contributed by atoms with Crippen molar-refractivity contribution in [3.05, 3.63) is 63.7 Å². The maximum Gasteiger partial charge on any atom is 0.277 e. The number of fused-ring (bicyclic) bond motifs is 2. The molecule has 0 saturated heterocycles. The number of hydrogen-bond acceptors (Lipinski definition) is 3. The number of hydrogen-bond donors (Lipinski definition) is 1. The van der Waals surface area contributed by atoms with Crippen molar-refractivity contribution in [2.75, 3.05) is 0 Å². The molecule has 0 spiro atoms. The van der Waals surface area contributed by atoms with Crippen molar-refractivity contribution in [3.63, 3.8) is 0 Å². The summed E-state index contributed by atoms with van der Waals surface area (Å²) in [5.41, 5.74) is 2.36. The molecule has 1 atom stereocenters. The molecule has 1 aliphatic rings. The van der Waals surface area contributed by atoms with E-state index < -0.39 is 6.10 Å². The number of nitro groups is 1. The number of aliphatic hydroxyl groups is 1. The Morgan fingerprint density at radius 1 is 1.00 bits per heavy atom. The van der Waals surface area contributed by atoms with Crippen LogP contribution in [0.4, 0.5) is 5.69 Å². The minimum Gasteiger partial charge on any atom is -0.388 e. The molecule has 0 amide bonds. The summed E-state index contributed by atoms with van der Waals surface area (Å²) in [7, 11) is 0. The van der Waals surface area contributed by atoms with Gasteiger partial charge < -0.3 is 5.11 Å². The summed E-state index contributed by atoms with van der Waals surface area (Å²) in [5.74, 6) is 0. The predicted molar refractivity (Wildman–Crippen MR) is 94.7 cm³/mol.